The zero-order valence-electron chi connectivity index (χ0n) is 29.5. The molecule has 0 spiro atoms. The fourth-order valence-corrected chi connectivity index (χ4v) is 12.8. The number of aliphatic carboxylic acids is 1. The molecule has 0 aromatic heterocycles. The van der Waals surface area contributed by atoms with Crippen LogP contribution < -0.4 is 10.6 Å². The van der Waals surface area contributed by atoms with Crippen LogP contribution in [0.15, 0.2) is 42.5 Å². The lowest BCUT2D eigenvalue weighted by Gasteiger charge is -2.72. The summed E-state index contributed by atoms with van der Waals surface area (Å²) in [6.07, 6.45) is 12.1. The molecule has 5 aliphatic rings. The monoisotopic (exact) mass is 644 g/mol. The van der Waals surface area contributed by atoms with Gasteiger partial charge < -0.3 is 20.8 Å². The molecule has 4 N–H and O–H groups in total. The highest BCUT2D eigenvalue weighted by Crippen LogP contribution is 2.76. The number of urea groups is 1. The van der Waals surface area contributed by atoms with Crippen molar-refractivity contribution in [3.8, 4) is 0 Å². The van der Waals surface area contributed by atoms with Crippen LogP contribution in [-0.2, 0) is 4.79 Å². The minimum absolute atomic E-state index is 0.0422. The molecule has 0 heterocycles. The Morgan fingerprint density at radius 1 is 0.872 bits per heavy atom. The minimum atomic E-state index is -1.03. The number of carbonyl (C=O) groups is 3. The molecule has 0 aliphatic heterocycles. The maximum atomic E-state index is 13.3. The van der Waals surface area contributed by atoms with Crippen LogP contribution in [0.5, 0.6) is 0 Å². The van der Waals surface area contributed by atoms with Gasteiger partial charge in [0.15, 0.2) is 0 Å². The Hall–Kier alpha value is -3.09. The van der Waals surface area contributed by atoms with Gasteiger partial charge in [-0.2, -0.15) is 0 Å². The summed E-state index contributed by atoms with van der Waals surface area (Å²) in [5.41, 5.74) is 4.04. The maximum absolute atomic E-state index is 13.3. The van der Waals surface area contributed by atoms with E-state index in [0.717, 1.165) is 50.5 Å². The van der Waals surface area contributed by atoms with Crippen LogP contribution in [0.25, 0.3) is 5.57 Å². The van der Waals surface area contributed by atoms with E-state index in [1.807, 2.05) is 12.1 Å². The van der Waals surface area contributed by atoms with Crippen LogP contribution in [0.3, 0.4) is 0 Å². The SMILES string of the molecule is C=C(C)[C@@H]1CC[C@]2(NC(=O)N[C@@H](C)C(=O)O)CC[C@]3(C)[C@H](CC[C@@H]4[C@@]5(C)CC=C(c6ccc(C(=O)O)cc6)C(C)(C)[C@@H]5CC[C@]43C)[C@@H]12. The van der Waals surface area contributed by atoms with E-state index < -0.39 is 18.0 Å². The van der Waals surface area contributed by atoms with Crippen LogP contribution >= 0.6 is 0 Å². The van der Waals surface area contributed by atoms with Gasteiger partial charge in [0.2, 0.25) is 0 Å². The van der Waals surface area contributed by atoms with Gasteiger partial charge in [-0.25, -0.2) is 9.59 Å². The van der Waals surface area contributed by atoms with Crippen molar-refractivity contribution in [1.82, 2.24) is 10.6 Å². The largest absolute Gasteiger partial charge is 0.480 e. The molecule has 2 amide bonds. The van der Waals surface area contributed by atoms with Crippen molar-refractivity contribution in [3.05, 3.63) is 53.6 Å². The van der Waals surface area contributed by atoms with E-state index in [1.165, 1.54) is 30.9 Å². The molecule has 7 heteroatoms. The molecule has 256 valence electrons. The molecular weight excluding hydrogens is 588 g/mol. The van der Waals surface area contributed by atoms with Gasteiger partial charge in [-0.1, -0.05) is 65.0 Å². The minimum Gasteiger partial charge on any atom is -0.480 e. The van der Waals surface area contributed by atoms with Crippen molar-refractivity contribution >= 4 is 23.5 Å². The van der Waals surface area contributed by atoms with E-state index in [4.69, 9.17) is 0 Å². The summed E-state index contributed by atoms with van der Waals surface area (Å²) < 4.78 is 0. The second kappa shape index (κ2) is 11.2. The molecule has 0 saturated heterocycles. The van der Waals surface area contributed by atoms with Gasteiger partial charge in [0, 0.05) is 5.54 Å². The zero-order chi connectivity index (χ0) is 34.3. The Morgan fingerprint density at radius 3 is 2.17 bits per heavy atom. The van der Waals surface area contributed by atoms with Crippen LogP contribution in [0, 0.1) is 51.2 Å². The summed E-state index contributed by atoms with van der Waals surface area (Å²) >= 11 is 0. The van der Waals surface area contributed by atoms with Gasteiger partial charge in [-0.15, -0.1) is 0 Å². The molecule has 1 aromatic rings. The highest BCUT2D eigenvalue weighted by molar-refractivity contribution is 5.88. The first-order chi connectivity index (χ1) is 21.9. The zero-order valence-corrected chi connectivity index (χ0v) is 29.5. The van der Waals surface area contributed by atoms with Crippen molar-refractivity contribution in [2.75, 3.05) is 0 Å². The van der Waals surface area contributed by atoms with E-state index >= 15 is 0 Å². The number of fused-ring (bicyclic) bond motifs is 7. The average molecular weight is 645 g/mol. The highest BCUT2D eigenvalue weighted by Gasteiger charge is 2.70. The normalized spacial score (nSPS) is 40.7. The lowest BCUT2D eigenvalue weighted by Crippen LogP contribution is -2.69. The third kappa shape index (κ3) is 4.91. The molecule has 4 saturated carbocycles. The van der Waals surface area contributed by atoms with Gasteiger partial charge in [-0.3, -0.25) is 4.79 Å². The van der Waals surface area contributed by atoms with E-state index in [1.54, 1.807) is 12.1 Å². The third-order valence-electron chi connectivity index (χ3n) is 15.2. The molecule has 5 aliphatic carbocycles. The highest BCUT2D eigenvalue weighted by atomic mass is 16.4. The van der Waals surface area contributed by atoms with Gasteiger partial charge in [0.05, 0.1) is 5.56 Å². The number of aromatic carboxylic acids is 1. The average Bonchev–Trinajstić information content (AvgIpc) is 3.36. The van der Waals surface area contributed by atoms with Gasteiger partial charge >= 0.3 is 18.0 Å². The fourth-order valence-electron chi connectivity index (χ4n) is 12.8. The van der Waals surface area contributed by atoms with Crippen molar-refractivity contribution in [2.24, 2.45) is 51.2 Å². The molecule has 6 rings (SSSR count). The predicted molar refractivity (Wildman–Crippen MR) is 185 cm³/mol. The topological polar surface area (TPSA) is 116 Å². The van der Waals surface area contributed by atoms with Gasteiger partial charge in [0.25, 0.3) is 0 Å². The van der Waals surface area contributed by atoms with Crippen LogP contribution in [0.1, 0.15) is 122 Å². The number of allylic oxidation sites excluding steroid dienone is 3. The first-order valence-electron chi connectivity index (χ1n) is 17.9. The lowest BCUT2D eigenvalue weighted by molar-refractivity contribution is -0.218. The standard InChI is InChI=1S/C40H56N2O5/c1-23(2)27-15-20-40(42-35(47)41-24(3)33(43)44)22-21-38(7)29(32(27)40)13-14-31-37(6)18-16-28(25-9-11-26(12-10-25)34(45)46)36(4,5)30(37)17-19-39(31,38)8/h9-12,16,24,27,29-32H,1,13-15,17-22H2,2-8H3,(H,43,44)(H,45,46)(H2,41,42,47)/t24-,27-,29+,30-,31+,32+,37-,38+,39+,40-/m0/s1. The molecular formula is C40H56N2O5. The number of rotatable bonds is 6. The Morgan fingerprint density at radius 2 is 1.55 bits per heavy atom. The summed E-state index contributed by atoms with van der Waals surface area (Å²) in [4.78, 5) is 36.3. The second-order valence-electron chi connectivity index (χ2n) is 17.4. The molecule has 4 fully saturated rings. The van der Waals surface area contributed by atoms with Crippen LogP contribution in [0.4, 0.5) is 4.79 Å². The maximum Gasteiger partial charge on any atom is 0.335 e. The summed E-state index contributed by atoms with van der Waals surface area (Å²) in [6.45, 7) is 20.7. The predicted octanol–water partition coefficient (Wildman–Crippen LogP) is 8.56. The molecule has 0 bridgehead atoms. The number of hydrogen-bond donors (Lipinski definition) is 4. The Balaban J connectivity index is 1.32. The van der Waals surface area contributed by atoms with Crippen molar-refractivity contribution in [2.45, 2.75) is 118 Å². The Labute approximate surface area is 281 Å². The van der Waals surface area contributed by atoms with Gasteiger partial charge in [-0.05, 0) is 146 Å². The fraction of sp³-hybridized carbons (Fsp3) is 0.675. The third-order valence-corrected chi connectivity index (χ3v) is 15.2. The molecule has 7 nitrogen and oxygen atoms in total. The number of nitrogens with one attached hydrogen (secondary N) is 2. The molecule has 0 radical (unpaired) electrons. The summed E-state index contributed by atoms with van der Waals surface area (Å²) in [6, 6.07) is 6.14. The van der Waals surface area contributed by atoms with E-state index in [2.05, 4.69) is 64.8 Å². The number of benzene rings is 1. The van der Waals surface area contributed by atoms with Crippen LogP contribution in [-0.4, -0.2) is 39.8 Å². The smallest absolute Gasteiger partial charge is 0.335 e. The first kappa shape index (κ1) is 33.8. The summed E-state index contributed by atoms with van der Waals surface area (Å²) in [7, 11) is 0. The first-order valence-corrected chi connectivity index (χ1v) is 17.9. The lowest BCUT2D eigenvalue weighted by atomic mass is 9.33. The quantitative estimate of drug-likeness (QED) is 0.232. The Kier molecular flexibility index (Phi) is 8.08. The summed E-state index contributed by atoms with van der Waals surface area (Å²) in [5.74, 6) is 0.255. The molecule has 10 atom stereocenters. The van der Waals surface area contributed by atoms with Crippen LogP contribution in [0.2, 0.25) is 0 Å². The van der Waals surface area contributed by atoms with E-state index in [-0.39, 0.29) is 39.1 Å². The summed E-state index contributed by atoms with van der Waals surface area (Å²) in [5, 5.41) is 24.9. The number of amides is 2. The van der Waals surface area contributed by atoms with E-state index in [9.17, 15) is 24.6 Å². The van der Waals surface area contributed by atoms with E-state index in [0.29, 0.717) is 29.2 Å². The van der Waals surface area contributed by atoms with Crippen molar-refractivity contribution in [1.29, 1.82) is 0 Å². The number of carboxylic acids is 2. The number of carbonyl (C=O) groups excluding carboxylic acids is 1. The second-order valence-corrected chi connectivity index (χ2v) is 17.4. The molecule has 1 aromatic carbocycles. The van der Waals surface area contributed by atoms with Gasteiger partial charge in [0.1, 0.15) is 6.04 Å². The Bertz CT molecular complexity index is 1510. The number of hydrogen-bond acceptors (Lipinski definition) is 3. The molecule has 0 unspecified atom stereocenters. The number of carboxylic acid groups (broad SMARTS) is 2. The van der Waals surface area contributed by atoms with Crippen molar-refractivity contribution < 1.29 is 24.6 Å². The molecule has 47 heavy (non-hydrogen) atoms. The van der Waals surface area contributed by atoms with Crippen molar-refractivity contribution in [3.63, 3.8) is 0 Å².